The monoisotopic (exact) mass is 174 g/mol. The number of aromatic nitrogens is 1. The minimum Gasteiger partial charge on any atom is -0.394 e. The Morgan fingerprint density at radius 2 is 2.00 bits per heavy atom. The number of nitrogens with zero attached hydrogens (tertiary/aromatic N) is 1. The molecule has 0 saturated heterocycles. The van der Waals surface area contributed by atoms with Gasteiger partial charge >= 0.3 is 0 Å². The molecule has 0 aliphatic carbocycles. The van der Waals surface area contributed by atoms with Crippen molar-refractivity contribution >= 4 is 16.6 Å². The van der Waals surface area contributed by atoms with Crippen LogP contribution >= 0.6 is 0 Å². The third-order valence-corrected chi connectivity index (χ3v) is 2.16. The van der Waals surface area contributed by atoms with Crippen molar-refractivity contribution in [3.63, 3.8) is 0 Å². The maximum absolute atomic E-state index is 11.4. The lowest BCUT2D eigenvalue weighted by Gasteiger charge is -2.04. The molecule has 1 aromatic carbocycles. The maximum Gasteiger partial charge on any atom is 0.273 e. The standard InChI is InChI=1S/C10H10N2O/c1-12-9-5-3-2-4-7(9)6-8(11)10(12)13/h2-6H,11H2,1H3. The van der Waals surface area contributed by atoms with Crippen molar-refractivity contribution in [2.75, 3.05) is 5.73 Å². The van der Waals surface area contributed by atoms with Crippen LogP contribution in [0.4, 0.5) is 5.69 Å². The molecule has 0 saturated carbocycles. The van der Waals surface area contributed by atoms with E-state index < -0.39 is 0 Å². The summed E-state index contributed by atoms with van der Waals surface area (Å²) >= 11 is 0. The van der Waals surface area contributed by atoms with E-state index in [2.05, 4.69) is 0 Å². The van der Waals surface area contributed by atoms with Crippen LogP contribution in [0.5, 0.6) is 0 Å². The summed E-state index contributed by atoms with van der Waals surface area (Å²) in [5, 5.41) is 0.988. The van der Waals surface area contributed by atoms with Gasteiger partial charge in [0.15, 0.2) is 0 Å². The van der Waals surface area contributed by atoms with Gasteiger partial charge in [-0.2, -0.15) is 0 Å². The third kappa shape index (κ3) is 1.09. The van der Waals surface area contributed by atoms with E-state index in [1.54, 1.807) is 17.7 Å². The number of rotatable bonds is 0. The molecule has 0 bridgehead atoms. The van der Waals surface area contributed by atoms with Gasteiger partial charge in [0.1, 0.15) is 0 Å². The second-order valence-electron chi connectivity index (χ2n) is 3.02. The molecule has 0 aliphatic heterocycles. The number of hydrogen-bond acceptors (Lipinski definition) is 2. The van der Waals surface area contributed by atoms with Crippen LogP contribution in [0.1, 0.15) is 0 Å². The van der Waals surface area contributed by atoms with Crippen LogP contribution in [0.15, 0.2) is 35.1 Å². The first kappa shape index (κ1) is 7.86. The van der Waals surface area contributed by atoms with Crippen LogP contribution in [0, 0.1) is 0 Å². The van der Waals surface area contributed by atoms with Crippen molar-refractivity contribution in [1.29, 1.82) is 0 Å². The van der Waals surface area contributed by atoms with E-state index in [4.69, 9.17) is 5.73 Å². The van der Waals surface area contributed by atoms with Crippen LogP contribution in [0.25, 0.3) is 10.9 Å². The van der Waals surface area contributed by atoms with Gasteiger partial charge in [-0.3, -0.25) is 4.79 Å². The Morgan fingerprint density at radius 1 is 1.31 bits per heavy atom. The van der Waals surface area contributed by atoms with Crippen molar-refractivity contribution in [3.8, 4) is 0 Å². The number of nitrogens with two attached hydrogens (primary N) is 1. The van der Waals surface area contributed by atoms with Crippen LogP contribution in [0.2, 0.25) is 0 Å². The first-order valence-electron chi connectivity index (χ1n) is 4.04. The molecule has 3 heteroatoms. The molecular formula is C10H10N2O. The highest BCUT2D eigenvalue weighted by Gasteiger charge is 2.01. The smallest absolute Gasteiger partial charge is 0.273 e. The van der Waals surface area contributed by atoms with Crippen LogP contribution in [0.3, 0.4) is 0 Å². The highest BCUT2D eigenvalue weighted by molar-refractivity contribution is 5.81. The second kappa shape index (κ2) is 2.62. The van der Waals surface area contributed by atoms with Crippen molar-refractivity contribution in [1.82, 2.24) is 4.57 Å². The summed E-state index contributed by atoms with van der Waals surface area (Å²) in [6.45, 7) is 0. The predicted octanol–water partition coefficient (Wildman–Crippen LogP) is 1.12. The van der Waals surface area contributed by atoms with Gasteiger partial charge in [-0.05, 0) is 12.1 Å². The average molecular weight is 174 g/mol. The van der Waals surface area contributed by atoms with Crippen LogP contribution < -0.4 is 11.3 Å². The van der Waals surface area contributed by atoms with Crippen molar-refractivity contribution in [2.45, 2.75) is 0 Å². The molecular weight excluding hydrogens is 164 g/mol. The van der Waals surface area contributed by atoms with E-state index in [1.807, 2.05) is 24.3 Å². The normalized spacial score (nSPS) is 10.5. The van der Waals surface area contributed by atoms with Crippen molar-refractivity contribution in [2.24, 2.45) is 7.05 Å². The summed E-state index contributed by atoms with van der Waals surface area (Å²) < 4.78 is 1.56. The van der Waals surface area contributed by atoms with Gasteiger partial charge in [0.05, 0.1) is 11.2 Å². The first-order chi connectivity index (χ1) is 6.20. The Morgan fingerprint density at radius 3 is 2.77 bits per heavy atom. The van der Waals surface area contributed by atoms with Gasteiger partial charge in [0, 0.05) is 12.4 Å². The number of para-hydroxylation sites is 1. The van der Waals surface area contributed by atoms with Crippen molar-refractivity contribution in [3.05, 3.63) is 40.7 Å². The van der Waals surface area contributed by atoms with Gasteiger partial charge in [0.2, 0.25) is 0 Å². The number of nitrogen functional groups attached to an aromatic ring is 1. The largest absolute Gasteiger partial charge is 0.394 e. The Balaban J connectivity index is 3.02. The van der Waals surface area contributed by atoms with Gasteiger partial charge in [-0.15, -0.1) is 0 Å². The number of pyridine rings is 1. The zero-order chi connectivity index (χ0) is 9.42. The molecule has 0 aliphatic rings. The fourth-order valence-electron chi connectivity index (χ4n) is 1.45. The molecule has 0 unspecified atom stereocenters. The summed E-state index contributed by atoms with van der Waals surface area (Å²) in [6, 6.07) is 9.36. The van der Waals surface area contributed by atoms with Gasteiger partial charge in [-0.25, -0.2) is 0 Å². The molecule has 2 N–H and O–H groups in total. The van der Waals surface area contributed by atoms with E-state index >= 15 is 0 Å². The number of fused-ring (bicyclic) bond motifs is 1. The molecule has 0 fully saturated rings. The molecule has 0 atom stereocenters. The van der Waals surface area contributed by atoms with Gasteiger partial charge in [0.25, 0.3) is 5.56 Å². The highest BCUT2D eigenvalue weighted by Crippen LogP contribution is 2.12. The van der Waals surface area contributed by atoms with Crippen molar-refractivity contribution < 1.29 is 0 Å². The molecule has 0 spiro atoms. The molecule has 66 valence electrons. The SMILES string of the molecule is Cn1c(=O)c(N)cc2ccccc21. The third-order valence-electron chi connectivity index (χ3n) is 2.16. The van der Waals surface area contributed by atoms with Gasteiger partial charge < -0.3 is 10.3 Å². The molecule has 0 radical (unpaired) electrons. The molecule has 13 heavy (non-hydrogen) atoms. The van der Waals surface area contributed by atoms with E-state index in [1.165, 1.54) is 0 Å². The number of anilines is 1. The summed E-state index contributed by atoms with van der Waals surface area (Å²) in [5.41, 5.74) is 6.61. The minimum absolute atomic E-state index is 0.140. The fraction of sp³-hybridized carbons (Fsp3) is 0.100. The summed E-state index contributed by atoms with van der Waals surface area (Å²) in [5.74, 6) is 0. The zero-order valence-electron chi connectivity index (χ0n) is 7.32. The molecule has 0 amide bonds. The quantitative estimate of drug-likeness (QED) is 0.650. The average Bonchev–Trinajstić information content (AvgIpc) is 2.15. The lowest BCUT2D eigenvalue weighted by Crippen LogP contribution is -2.19. The Bertz CT molecular complexity index is 514. The van der Waals surface area contributed by atoms with Crippen LogP contribution in [-0.4, -0.2) is 4.57 Å². The van der Waals surface area contributed by atoms with E-state index in [0.717, 1.165) is 10.9 Å². The summed E-state index contributed by atoms with van der Waals surface area (Å²) in [4.78, 5) is 11.4. The molecule has 2 aromatic rings. The minimum atomic E-state index is -0.140. The number of aryl methyl sites for hydroxylation is 1. The zero-order valence-corrected chi connectivity index (χ0v) is 7.32. The molecule has 1 heterocycles. The number of benzene rings is 1. The summed E-state index contributed by atoms with van der Waals surface area (Å²) in [7, 11) is 1.72. The Kier molecular flexibility index (Phi) is 1.59. The molecule has 1 aromatic heterocycles. The highest BCUT2D eigenvalue weighted by atomic mass is 16.1. The maximum atomic E-state index is 11.4. The predicted molar refractivity (Wildman–Crippen MR) is 53.6 cm³/mol. The first-order valence-corrected chi connectivity index (χ1v) is 4.04. The molecule has 2 rings (SSSR count). The lowest BCUT2D eigenvalue weighted by atomic mass is 10.2. The Labute approximate surface area is 75.4 Å². The van der Waals surface area contributed by atoms with E-state index in [-0.39, 0.29) is 5.56 Å². The molecule has 3 nitrogen and oxygen atoms in total. The van der Waals surface area contributed by atoms with Crippen LogP contribution in [-0.2, 0) is 7.05 Å². The van der Waals surface area contributed by atoms with E-state index in [0.29, 0.717) is 5.69 Å². The topological polar surface area (TPSA) is 48.0 Å². The van der Waals surface area contributed by atoms with E-state index in [9.17, 15) is 4.79 Å². The number of hydrogen-bond donors (Lipinski definition) is 1. The fourth-order valence-corrected chi connectivity index (χ4v) is 1.45. The Hall–Kier alpha value is -1.77. The second-order valence-corrected chi connectivity index (χ2v) is 3.02. The summed E-state index contributed by atoms with van der Waals surface area (Å²) in [6.07, 6.45) is 0. The van der Waals surface area contributed by atoms with Gasteiger partial charge in [-0.1, -0.05) is 18.2 Å². The lowest BCUT2D eigenvalue weighted by molar-refractivity contribution is 0.910.